The number of hydrogen-bond acceptors (Lipinski definition) is 4. The predicted molar refractivity (Wildman–Crippen MR) is 73.8 cm³/mol. The third-order valence-corrected chi connectivity index (χ3v) is 2.21. The minimum absolute atomic E-state index is 0.0963. The molecule has 0 radical (unpaired) electrons. The van der Waals surface area contributed by atoms with Crippen LogP contribution in [0.5, 0.6) is 0 Å². The summed E-state index contributed by atoms with van der Waals surface area (Å²) in [5.74, 6) is -0.382. The van der Waals surface area contributed by atoms with Gasteiger partial charge in [-0.3, -0.25) is 0 Å². The zero-order valence-corrected chi connectivity index (χ0v) is 12.5. The maximum atomic E-state index is 11.5. The highest BCUT2D eigenvalue weighted by atomic mass is 16.6. The molecule has 0 spiro atoms. The molecule has 0 saturated carbocycles. The number of alkyl carbamates (subject to hydrolysis) is 1. The molecule has 0 aliphatic rings. The molecule has 0 aromatic heterocycles. The Kier molecular flexibility index (Phi) is 7.19. The lowest BCUT2D eigenvalue weighted by Gasteiger charge is -2.22. The Balaban J connectivity index is 3.99. The number of esters is 1. The molecule has 0 aromatic carbocycles. The highest BCUT2D eigenvalue weighted by Gasteiger charge is 2.18. The van der Waals surface area contributed by atoms with E-state index in [1.807, 2.05) is 6.92 Å². The molecule has 0 aliphatic carbocycles. The molecular weight excluding hydrogens is 246 g/mol. The summed E-state index contributed by atoms with van der Waals surface area (Å²) in [6.07, 6.45) is 0.633. The average molecular weight is 271 g/mol. The first kappa shape index (κ1) is 17.5. The minimum Gasteiger partial charge on any atom is -0.463 e. The van der Waals surface area contributed by atoms with Crippen LogP contribution in [-0.2, 0) is 14.3 Å². The number of ether oxygens (including phenoxy) is 2. The minimum atomic E-state index is -0.516. The van der Waals surface area contributed by atoms with E-state index in [4.69, 9.17) is 9.47 Å². The number of amides is 1. The molecule has 1 atom stereocenters. The van der Waals surface area contributed by atoms with Gasteiger partial charge in [0.25, 0.3) is 0 Å². The van der Waals surface area contributed by atoms with E-state index < -0.39 is 11.7 Å². The summed E-state index contributed by atoms with van der Waals surface area (Å²) in [6, 6.07) is -0.0963. The largest absolute Gasteiger partial charge is 0.463 e. The fourth-order valence-electron chi connectivity index (χ4n) is 1.31. The quantitative estimate of drug-likeness (QED) is 0.596. The summed E-state index contributed by atoms with van der Waals surface area (Å²) in [5, 5.41) is 2.71. The van der Waals surface area contributed by atoms with Gasteiger partial charge in [0.05, 0.1) is 6.61 Å². The number of carbonyl (C=O) groups is 2. The lowest BCUT2D eigenvalue weighted by molar-refractivity contribution is -0.138. The van der Waals surface area contributed by atoms with Crippen molar-refractivity contribution in [3.63, 3.8) is 0 Å². The van der Waals surface area contributed by atoms with E-state index in [2.05, 4.69) is 11.9 Å². The van der Waals surface area contributed by atoms with Crippen molar-refractivity contribution in [2.45, 2.75) is 59.1 Å². The molecule has 1 unspecified atom stereocenters. The first-order valence-electron chi connectivity index (χ1n) is 6.50. The van der Waals surface area contributed by atoms with Crippen LogP contribution in [0.1, 0.15) is 47.5 Å². The second kappa shape index (κ2) is 7.81. The highest BCUT2D eigenvalue weighted by Crippen LogP contribution is 2.10. The number of nitrogens with one attached hydrogen (secondary N) is 1. The van der Waals surface area contributed by atoms with Crippen molar-refractivity contribution in [3.05, 3.63) is 12.2 Å². The summed E-state index contributed by atoms with van der Waals surface area (Å²) in [4.78, 5) is 22.8. The summed E-state index contributed by atoms with van der Waals surface area (Å²) < 4.78 is 9.97. The lowest BCUT2D eigenvalue weighted by Crippen LogP contribution is -2.37. The van der Waals surface area contributed by atoms with Gasteiger partial charge in [0.15, 0.2) is 0 Å². The van der Waals surface area contributed by atoms with Gasteiger partial charge in [-0.05, 0) is 47.5 Å². The van der Waals surface area contributed by atoms with Gasteiger partial charge in [0, 0.05) is 11.6 Å². The van der Waals surface area contributed by atoms with Crippen molar-refractivity contribution >= 4 is 12.1 Å². The van der Waals surface area contributed by atoms with Gasteiger partial charge in [0.2, 0.25) is 0 Å². The van der Waals surface area contributed by atoms with Crippen LogP contribution in [0.25, 0.3) is 0 Å². The number of rotatable bonds is 6. The van der Waals surface area contributed by atoms with E-state index >= 15 is 0 Å². The van der Waals surface area contributed by atoms with E-state index in [-0.39, 0.29) is 12.0 Å². The Labute approximate surface area is 115 Å². The Morgan fingerprint density at radius 2 is 1.89 bits per heavy atom. The van der Waals surface area contributed by atoms with Gasteiger partial charge in [-0.25, -0.2) is 9.59 Å². The van der Waals surface area contributed by atoms with E-state index in [0.717, 1.165) is 0 Å². The number of carbonyl (C=O) groups excluding carboxylic acids is 2. The van der Waals surface area contributed by atoms with Crippen molar-refractivity contribution in [2.24, 2.45) is 0 Å². The van der Waals surface area contributed by atoms with Crippen LogP contribution in [0.15, 0.2) is 12.2 Å². The Bertz CT molecular complexity index is 331. The first-order valence-corrected chi connectivity index (χ1v) is 6.50. The second-order valence-corrected chi connectivity index (χ2v) is 5.41. The SMILES string of the molecule is C=C(CCC(C)NC(=O)OC(C)(C)C)C(=O)OCC. The van der Waals surface area contributed by atoms with Gasteiger partial charge in [-0.1, -0.05) is 6.58 Å². The summed E-state index contributed by atoms with van der Waals surface area (Å²) >= 11 is 0. The summed E-state index contributed by atoms with van der Waals surface area (Å²) in [5.41, 5.74) is -0.0992. The van der Waals surface area contributed by atoms with Crippen molar-refractivity contribution in [3.8, 4) is 0 Å². The van der Waals surface area contributed by atoms with Crippen LogP contribution in [0.4, 0.5) is 4.79 Å². The van der Waals surface area contributed by atoms with Crippen LogP contribution in [0.2, 0.25) is 0 Å². The molecule has 1 N–H and O–H groups in total. The van der Waals surface area contributed by atoms with Crippen LogP contribution in [-0.4, -0.2) is 30.3 Å². The first-order chi connectivity index (χ1) is 8.65. The molecule has 19 heavy (non-hydrogen) atoms. The Morgan fingerprint density at radius 3 is 2.37 bits per heavy atom. The third kappa shape index (κ3) is 9.11. The van der Waals surface area contributed by atoms with Gasteiger partial charge in [-0.2, -0.15) is 0 Å². The van der Waals surface area contributed by atoms with E-state index in [0.29, 0.717) is 25.0 Å². The molecule has 0 saturated heterocycles. The van der Waals surface area contributed by atoms with Crippen LogP contribution < -0.4 is 5.32 Å². The normalized spacial score (nSPS) is 12.5. The maximum Gasteiger partial charge on any atom is 0.407 e. The van der Waals surface area contributed by atoms with E-state index in [1.54, 1.807) is 27.7 Å². The van der Waals surface area contributed by atoms with Crippen molar-refractivity contribution in [1.29, 1.82) is 0 Å². The molecule has 0 bridgehead atoms. The molecule has 5 heteroatoms. The molecular formula is C14H25NO4. The molecule has 0 rings (SSSR count). The van der Waals surface area contributed by atoms with Crippen molar-refractivity contribution in [2.75, 3.05) is 6.61 Å². The molecule has 0 heterocycles. The van der Waals surface area contributed by atoms with E-state index in [9.17, 15) is 9.59 Å². The molecule has 0 aromatic rings. The number of hydrogen-bond donors (Lipinski definition) is 1. The van der Waals surface area contributed by atoms with Crippen molar-refractivity contribution in [1.82, 2.24) is 5.32 Å². The van der Waals surface area contributed by atoms with Crippen LogP contribution >= 0.6 is 0 Å². The van der Waals surface area contributed by atoms with Gasteiger partial charge < -0.3 is 14.8 Å². The van der Waals surface area contributed by atoms with Crippen LogP contribution in [0.3, 0.4) is 0 Å². The zero-order chi connectivity index (χ0) is 15.1. The van der Waals surface area contributed by atoms with Gasteiger partial charge in [-0.15, -0.1) is 0 Å². The molecule has 0 fully saturated rings. The monoisotopic (exact) mass is 271 g/mol. The molecule has 1 amide bonds. The molecule has 5 nitrogen and oxygen atoms in total. The van der Waals surface area contributed by atoms with E-state index in [1.165, 1.54) is 0 Å². The maximum absolute atomic E-state index is 11.5. The van der Waals surface area contributed by atoms with Gasteiger partial charge >= 0.3 is 12.1 Å². The average Bonchev–Trinajstić information content (AvgIpc) is 2.23. The molecule has 110 valence electrons. The second-order valence-electron chi connectivity index (χ2n) is 5.41. The van der Waals surface area contributed by atoms with Gasteiger partial charge in [0.1, 0.15) is 5.60 Å². The highest BCUT2D eigenvalue weighted by molar-refractivity contribution is 5.87. The third-order valence-electron chi connectivity index (χ3n) is 2.21. The lowest BCUT2D eigenvalue weighted by atomic mass is 10.1. The fraction of sp³-hybridized carbons (Fsp3) is 0.714. The predicted octanol–water partition coefficient (Wildman–Crippen LogP) is 2.80. The molecule has 0 aliphatic heterocycles. The Morgan fingerprint density at radius 1 is 1.32 bits per heavy atom. The zero-order valence-electron chi connectivity index (χ0n) is 12.5. The topological polar surface area (TPSA) is 64.6 Å². The Hall–Kier alpha value is -1.52. The fourth-order valence-corrected chi connectivity index (χ4v) is 1.31. The smallest absolute Gasteiger partial charge is 0.407 e. The standard InChI is InChI=1S/C14H25NO4/c1-7-18-12(16)10(2)8-9-11(3)15-13(17)19-14(4,5)6/h11H,2,7-9H2,1,3-6H3,(H,15,17). The summed E-state index contributed by atoms with van der Waals surface area (Å²) in [6.45, 7) is 13.0. The van der Waals surface area contributed by atoms with Crippen LogP contribution in [0, 0.1) is 0 Å². The van der Waals surface area contributed by atoms with Crippen molar-refractivity contribution < 1.29 is 19.1 Å². The summed E-state index contributed by atoms with van der Waals surface area (Å²) in [7, 11) is 0.